The fraction of sp³-hybridized carbons (Fsp3) is 0.714. The molecule has 2 saturated carbocycles. The Kier molecular flexibility index (Phi) is 5.45. The second-order valence-electron chi connectivity index (χ2n) is 8.83. The third-order valence-corrected chi connectivity index (χ3v) is 6.43. The minimum Gasteiger partial charge on any atom is -0.454 e. The Bertz CT molecular complexity index is 765. The second-order valence-corrected chi connectivity index (χ2v) is 8.83. The smallest absolute Gasteiger partial charge is 0.339 e. The molecule has 6 atom stereocenters. The van der Waals surface area contributed by atoms with Gasteiger partial charge in [0, 0.05) is 18.6 Å². The molecule has 8 nitrogen and oxygen atoms in total. The molecule has 0 radical (unpaired) electrons. The maximum absolute atomic E-state index is 12.7. The Labute approximate surface area is 170 Å². The van der Waals surface area contributed by atoms with Gasteiger partial charge in [-0.2, -0.15) is 0 Å². The van der Waals surface area contributed by atoms with Crippen molar-refractivity contribution in [1.82, 2.24) is 0 Å². The van der Waals surface area contributed by atoms with E-state index in [4.69, 9.17) is 14.2 Å². The Morgan fingerprint density at radius 3 is 2.52 bits per heavy atom. The molecule has 0 amide bonds. The van der Waals surface area contributed by atoms with Crippen molar-refractivity contribution < 1.29 is 39.1 Å². The highest BCUT2D eigenvalue weighted by molar-refractivity contribution is 5.94. The quantitative estimate of drug-likeness (QED) is 0.453. The van der Waals surface area contributed by atoms with Crippen LogP contribution in [-0.4, -0.2) is 63.6 Å². The summed E-state index contributed by atoms with van der Waals surface area (Å²) >= 11 is 0. The predicted molar refractivity (Wildman–Crippen MR) is 101 cm³/mol. The number of carbonyl (C=O) groups is 2. The van der Waals surface area contributed by atoms with Gasteiger partial charge >= 0.3 is 11.9 Å². The van der Waals surface area contributed by atoms with Gasteiger partial charge in [-0.1, -0.05) is 6.58 Å². The Morgan fingerprint density at radius 1 is 1.28 bits per heavy atom. The first kappa shape index (κ1) is 22.0. The zero-order valence-corrected chi connectivity index (χ0v) is 17.4. The molecule has 2 fully saturated rings. The zero-order valence-electron chi connectivity index (χ0n) is 17.4. The van der Waals surface area contributed by atoms with Crippen LogP contribution in [0, 0.1) is 11.8 Å². The first-order valence-corrected chi connectivity index (χ1v) is 9.93. The lowest BCUT2D eigenvalue weighted by atomic mass is 9.73. The molecule has 3 N–H and O–H groups in total. The van der Waals surface area contributed by atoms with E-state index in [0.717, 1.165) is 0 Å². The van der Waals surface area contributed by atoms with E-state index >= 15 is 0 Å². The zero-order chi connectivity index (χ0) is 21.8. The monoisotopic (exact) mass is 410 g/mol. The number of carbonyl (C=O) groups excluding carboxylic acids is 2. The van der Waals surface area contributed by atoms with Crippen LogP contribution in [0.3, 0.4) is 0 Å². The molecule has 2 aliphatic carbocycles. The summed E-state index contributed by atoms with van der Waals surface area (Å²) in [5, 5.41) is 33.9. The van der Waals surface area contributed by atoms with Gasteiger partial charge in [-0.15, -0.1) is 0 Å². The lowest BCUT2D eigenvalue weighted by Gasteiger charge is -2.41. The van der Waals surface area contributed by atoms with Crippen molar-refractivity contribution in [2.45, 2.75) is 70.1 Å². The highest BCUT2D eigenvalue weighted by Gasteiger charge is 2.69. The highest BCUT2D eigenvalue weighted by atomic mass is 16.7. The SMILES string of the molecule is C=C(C)C(=O)O[C@H]1C[C@@](C)(O)C2CC[C@@](C)(O)C2[C@]2(O)OC(=O)C(COCC)=C12. The number of rotatable bonds is 5. The Hall–Kier alpha value is -1.74. The molecule has 162 valence electrons. The van der Waals surface area contributed by atoms with E-state index < -0.39 is 46.9 Å². The summed E-state index contributed by atoms with van der Waals surface area (Å²) in [5.41, 5.74) is -2.56. The Balaban J connectivity index is 2.20. The van der Waals surface area contributed by atoms with Crippen molar-refractivity contribution in [2.75, 3.05) is 13.2 Å². The number of fused-ring (bicyclic) bond motifs is 3. The summed E-state index contributed by atoms with van der Waals surface area (Å²) in [6.45, 7) is 10.1. The highest BCUT2D eigenvalue weighted by Crippen LogP contribution is 2.58. The summed E-state index contributed by atoms with van der Waals surface area (Å²) in [6.07, 6.45) is -0.460. The van der Waals surface area contributed by atoms with Gasteiger partial charge in [-0.25, -0.2) is 9.59 Å². The van der Waals surface area contributed by atoms with Crippen molar-refractivity contribution in [3.63, 3.8) is 0 Å². The molecule has 2 unspecified atom stereocenters. The first-order valence-electron chi connectivity index (χ1n) is 9.93. The molecule has 1 heterocycles. The van der Waals surface area contributed by atoms with Gasteiger partial charge in [0.25, 0.3) is 0 Å². The van der Waals surface area contributed by atoms with Gasteiger partial charge < -0.3 is 29.5 Å². The number of aliphatic hydroxyl groups is 3. The minimum absolute atomic E-state index is 0.0421. The summed E-state index contributed by atoms with van der Waals surface area (Å²) in [6, 6.07) is 0. The number of hydrogen-bond donors (Lipinski definition) is 3. The van der Waals surface area contributed by atoms with Gasteiger partial charge in [-0.05, 0) is 46.5 Å². The van der Waals surface area contributed by atoms with Crippen LogP contribution < -0.4 is 0 Å². The molecule has 0 bridgehead atoms. The number of hydrogen-bond acceptors (Lipinski definition) is 8. The van der Waals surface area contributed by atoms with E-state index in [9.17, 15) is 24.9 Å². The predicted octanol–water partition coefficient (Wildman–Crippen LogP) is 0.985. The van der Waals surface area contributed by atoms with Crippen LogP contribution in [0.15, 0.2) is 23.3 Å². The number of ether oxygens (including phenoxy) is 3. The van der Waals surface area contributed by atoms with Crippen molar-refractivity contribution in [3.05, 3.63) is 23.3 Å². The van der Waals surface area contributed by atoms with Gasteiger partial charge in [0.1, 0.15) is 6.10 Å². The lowest BCUT2D eigenvalue weighted by Crippen LogP contribution is -2.54. The molecule has 0 aromatic carbocycles. The van der Waals surface area contributed by atoms with Crippen LogP contribution in [-0.2, 0) is 23.8 Å². The molecular weight excluding hydrogens is 380 g/mol. The standard InChI is InChI=1S/C21H30O8/c1-6-27-10-12-15-14(28-17(22)11(2)3)9-20(5,25)13-7-8-19(4,24)16(13)21(15,26)29-18(12)23/h13-14,16,24-26H,2,6-10H2,1,3-5H3/t13?,14-,16?,19+,20+,21+/m0/s1. The van der Waals surface area contributed by atoms with Gasteiger partial charge in [-0.3, -0.25) is 0 Å². The van der Waals surface area contributed by atoms with Crippen molar-refractivity contribution in [2.24, 2.45) is 11.8 Å². The molecule has 29 heavy (non-hydrogen) atoms. The van der Waals surface area contributed by atoms with Crippen LogP contribution in [0.5, 0.6) is 0 Å². The third-order valence-electron chi connectivity index (χ3n) is 6.43. The van der Waals surface area contributed by atoms with E-state index in [1.54, 1.807) is 20.8 Å². The molecule has 0 aromatic rings. The van der Waals surface area contributed by atoms with Crippen molar-refractivity contribution in [3.8, 4) is 0 Å². The molecule has 8 heteroatoms. The Morgan fingerprint density at radius 2 is 1.93 bits per heavy atom. The van der Waals surface area contributed by atoms with Crippen molar-refractivity contribution >= 4 is 11.9 Å². The van der Waals surface area contributed by atoms with Crippen LogP contribution >= 0.6 is 0 Å². The molecule has 0 spiro atoms. The number of esters is 2. The lowest BCUT2D eigenvalue weighted by molar-refractivity contribution is -0.236. The third kappa shape index (κ3) is 3.52. The van der Waals surface area contributed by atoms with E-state index in [0.29, 0.717) is 19.4 Å². The van der Waals surface area contributed by atoms with Gasteiger partial charge in [0.2, 0.25) is 5.79 Å². The average molecular weight is 410 g/mol. The minimum atomic E-state index is -2.21. The molecule has 3 aliphatic rings. The molecular formula is C21H30O8. The van der Waals surface area contributed by atoms with E-state index in [2.05, 4.69) is 6.58 Å². The van der Waals surface area contributed by atoms with Crippen LogP contribution in [0.25, 0.3) is 0 Å². The van der Waals surface area contributed by atoms with E-state index in [1.807, 2.05) is 0 Å². The van der Waals surface area contributed by atoms with Crippen LogP contribution in [0.4, 0.5) is 0 Å². The summed E-state index contributed by atoms with van der Waals surface area (Å²) in [5.74, 6) is -5.28. The normalized spacial score (nSPS) is 41.5. The molecule has 0 saturated heterocycles. The fourth-order valence-corrected chi connectivity index (χ4v) is 5.11. The molecule has 3 rings (SSSR count). The summed E-state index contributed by atoms with van der Waals surface area (Å²) in [7, 11) is 0. The van der Waals surface area contributed by atoms with E-state index in [1.165, 1.54) is 6.92 Å². The van der Waals surface area contributed by atoms with Crippen LogP contribution in [0.1, 0.15) is 47.0 Å². The first-order chi connectivity index (χ1) is 13.3. The maximum atomic E-state index is 12.7. The summed E-state index contributed by atoms with van der Waals surface area (Å²) in [4.78, 5) is 25.0. The van der Waals surface area contributed by atoms with Gasteiger partial charge in [0.05, 0.1) is 34.9 Å². The second kappa shape index (κ2) is 7.19. The molecule has 1 aliphatic heterocycles. The largest absolute Gasteiger partial charge is 0.454 e. The fourth-order valence-electron chi connectivity index (χ4n) is 5.11. The molecule has 0 aromatic heterocycles. The van der Waals surface area contributed by atoms with Gasteiger partial charge in [0.15, 0.2) is 0 Å². The summed E-state index contributed by atoms with van der Waals surface area (Å²) < 4.78 is 16.4. The van der Waals surface area contributed by atoms with E-state index in [-0.39, 0.29) is 29.7 Å². The van der Waals surface area contributed by atoms with Crippen LogP contribution in [0.2, 0.25) is 0 Å². The topological polar surface area (TPSA) is 123 Å². The average Bonchev–Trinajstić information content (AvgIpc) is 3.03. The van der Waals surface area contributed by atoms with Crippen molar-refractivity contribution in [1.29, 1.82) is 0 Å². The maximum Gasteiger partial charge on any atom is 0.339 e.